The number of aliphatic hydroxyl groups excluding tert-OH is 1. The Labute approximate surface area is 153 Å². The molecule has 3 aliphatic rings. The Morgan fingerprint density at radius 3 is 2.85 bits per heavy atom. The molecule has 0 aromatic rings. The zero-order valence-electron chi connectivity index (χ0n) is 15.7. The third-order valence-electron chi connectivity index (χ3n) is 5.71. The summed E-state index contributed by atoms with van der Waals surface area (Å²) in [5, 5.41) is 10.4. The van der Waals surface area contributed by atoms with E-state index in [0.29, 0.717) is 24.0 Å². The van der Waals surface area contributed by atoms with Gasteiger partial charge in [-0.3, -0.25) is 0 Å². The van der Waals surface area contributed by atoms with Crippen LogP contribution >= 0.6 is 0 Å². The fourth-order valence-electron chi connectivity index (χ4n) is 3.70. The minimum Gasteiger partial charge on any atom is -0.458 e. The first-order valence-electron chi connectivity index (χ1n) is 8.94. The van der Waals surface area contributed by atoms with Crippen molar-refractivity contribution in [1.82, 2.24) is 0 Å². The fourth-order valence-corrected chi connectivity index (χ4v) is 3.70. The lowest BCUT2D eigenvalue weighted by atomic mass is 9.82. The highest BCUT2D eigenvalue weighted by molar-refractivity contribution is 5.92. The largest absolute Gasteiger partial charge is 0.458 e. The number of allylic oxidation sites excluding steroid dienone is 1. The summed E-state index contributed by atoms with van der Waals surface area (Å²) in [5.74, 6) is -1.43. The highest BCUT2D eigenvalue weighted by atomic mass is 16.6. The number of fused-ring (bicyclic) bond motifs is 2. The van der Waals surface area contributed by atoms with E-state index < -0.39 is 41.8 Å². The van der Waals surface area contributed by atoms with Crippen LogP contribution in [0.15, 0.2) is 35.5 Å². The summed E-state index contributed by atoms with van der Waals surface area (Å²) in [7, 11) is 0. The molecule has 6 heteroatoms. The van der Waals surface area contributed by atoms with Gasteiger partial charge in [-0.15, -0.1) is 0 Å². The van der Waals surface area contributed by atoms with Crippen LogP contribution in [-0.2, 0) is 23.8 Å². The molecular weight excluding hydrogens is 336 g/mol. The van der Waals surface area contributed by atoms with Gasteiger partial charge in [0.05, 0.1) is 23.7 Å². The molecule has 0 spiro atoms. The second-order valence-electron chi connectivity index (χ2n) is 7.62. The molecule has 3 rings (SSSR count). The van der Waals surface area contributed by atoms with Gasteiger partial charge in [0.15, 0.2) is 0 Å². The van der Waals surface area contributed by atoms with Gasteiger partial charge in [0.25, 0.3) is 0 Å². The molecular formula is C20H26O6. The minimum absolute atomic E-state index is 0.118. The van der Waals surface area contributed by atoms with Crippen LogP contribution in [0, 0.1) is 5.92 Å². The smallest absolute Gasteiger partial charge is 0.334 e. The van der Waals surface area contributed by atoms with E-state index in [2.05, 4.69) is 6.58 Å². The van der Waals surface area contributed by atoms with E-state index in [-0.39, 0.29) is 11.7 Å². The highest BCUT2D eigenvalue weighted by Gasteiger charge is 2.57. The van der Waals surface area contributed by atoms with E-state index in [9.17, 15) is 14.7 Å². The highest BCUT2D eigenvalue weighted by Crippen LogP contribution is 2.47. The van der Waals surface area contributed by atoms with E-state index in [1.165, 1.54) is 0 Å². The van der Waals surface area contributed by atoms with Crippen molar-refractivity contribution in [3.63, 3.8) is 0 Å². The number of carbonyl (C=O) groups excluding carboxylic acids is 2. The van der Waals surface area contributed by atoms with Gasteiger partial charge < -0.3 is 19.3 Å². The van der Waals surface area contributed by atoms with Crippen LogP contribution in [0.2, 0.25) is 0 Å². The van der Waals surface area contributed by atoms with E-state index in [0.717, 1.165) is 0 Å². The standard InChI is InChI=1S/C20H26O6/c1-6-10(2)18(22)25-15-9-20(5)16(26-20)8-13(21)11(3)7-14-17(15)12(4)19(23)24-14/h6-7,13-17,21H,4,8-9H2,1-3,5H3/b10-6-,11-7-/t13-,14-,15+,16+,17+,20+/m0/s1. The molecule has 6 atom stereocenters. The summed E-state index contributed by atoms with van der Waals surface area (Å²) in [6.45, 7) is 11.0. The molecule has 1 N–H and O–H groups in total. The Morgan fingerprint density at radius 1 is 1.50 bits per heavy atom. The molecule has 0 saturated carbocycles. The lowest BCUT2D eigenvalue weighted by Gasteiger charge is -2.29. The summed E-state index contributed by atoms with van der Waals surface area (Å²) in [4.78, 5) is 24.5. The Hall–Kier alpha value is -1.92. The quantitative estimate of drug-likeness (QED) is 0.351. The maximum absolute atomic E-state index is 12.4. The number of ether oxygens (including phenoxy) is 3. The third kappa shape index (κ3) is 3.35. The second kappa shape index (κ2) is 6.67. The topological polar surface area (TPSA) is 85.4 Å². The van der Waals surface area contributed by atoms with Crippen molar-refractivity contribution < 1.29 is 28.9 Å². The Bertz CT molecular complexity index is 705. The molecule has 0 bridgehead atoms. The number of hydrogen-bond donors (Lipinski definition) is 1. The van der Waals surface area contributed by atoms with Crippen LogP contribution in [-0.4, -0.2) is 47.1 Å². The zero-order chi connectivity index (χ0) is 19.2. The third-order valence-corrected chi connectivity index (χ3v) is 5.71. The average Bonchev–Trinajstić information content (AvgIpc) is 3.11. The molecule has 1 aliphatic carbocycles. The molecule has 0 amide bonds. The van der Waals surface area contributed by atoms with Gasteiger partial charge in [0, 0.05) is 24.0 Å². The van der Waals surface area contributed by atoms with E-state index >= 15 is 0 Å². The predicted molar refractivity (Wildman–Crippen MR) is 94.1 cm³/mol. The van der Waals surface area contributed by atoms with E-state index in [4.69, 9.17) is 14.2 Å². The van der Waals surface area contributed by atoms with Crippen molar-refractivity contribution in [3.05, 3.63) is 35.5 Å². The Balaban J connectivity index is 1.98. The van der Waals surface area contributed by atoms with Gasteiger partial charge in [0.1, 0.15) is 12.2 Å². The monoisotopic (exact) mass is 362 g/mol. The lowest BCUT2D eigenvalue weighted by Crippen LogP contribution is -2.37. The number of rotatable bonds is 2. The first kappa shape index (κ1) is 18.9. The van der Waals surface area contributed by atoms with Crippen molar-refractivity contribution in [2.45, 2.75) is 70.6 Å². The van der Waals surface area contributed by atoms with Gasteiger partial charge in [-0.1, -0.05) is 12.7 Å². The number of esters is 2. The summed E-state index contributed by atoms with van der Waals surface area (Å²) in [5.41, 5.74) is 0.974. The van der Waals surface area contributed by atoms with Crippen LogP contribution in [0.25, 0.3) is 0 Å². The van der Waals surface area contributed by atoms with E-state index in [1.807, 2.05) is 6.92 Å². The number of aliphatic hydroxyl groups is 1. The Morgan fingerprint density at radius 2 is 2.19 bits per heavy atom. The molecule has 0 unspecified atom stereocenters. The van der Waals surface area contributed by atoms with Crippen LogP contribution in [0.5, 0.6) is 0 Å². The molecule has 2 aliphatic heterocycles. The lowest BCUT2D eigenvalue weighted by molar-refractivity contribution is -0.148. The van der Waals surface area contributed by atoms with Gasteiger partial charge >= 0.3 is 11.9 Å². The predicted octanol–water partition coefficient (Wildman–Crippen LogP) is 2.22. The van der Waals surface area contributed by atoms with Crippen molar-refractivity contribution in [3.8, 4) is 0 Å². The van der Waals surface area contributed by atoms with Crippen LogP contribution in [0.3, 0.4) is 0 Å². The zero-order valence-corrected chi connectivity index (χ0v) is 15.7. The van der Waals surface area contributed by atoms with Crippen LogP contribution in [0.1, 0.15) is 40.5 Å². The summed E-state index contributed by atoms with van der Waals surface area (Å²) < 4.78 is 17.0. The molecule has 6 nitrogen and oxygen atoms in total. The number of hydrogen-bond acceptors (Lipinski definition) is 6. The van der Waals surface area contributed by atoms with E-state index in [1.54, 1.807) is 32.9 Å². The average molecular weight is 362 g/mol. The molecule has 26 heavy (non-hydrogen) atoms. The summed E-state index contributed by atoms with van der Waals surface area (Å²) in [6.07, 6.45) is 2.29. The molecule has 0 aromatic carbocycles. The summed E-state index contributed by atoms with van der Waals surface area (Å²) >= 11 is 0. The van der Waals surface area contributed by atoms with Gasteiger partial charge in [-0.2, -0.15) is 0 Å². The molecule has 2 heterocycles. The van der Waals surface area contributed by atoms with Gasteiger partial charge in [-0.25, -0.2) is 9.59 Å². The van der Waals surface area contributed by atoms with Crippen molar-refractivity contribution in [2.24, 2.45) is 5.92 Å². The maximum Gasteiger partial charge on any atom is 0.334 e. The van der Waals surface area contributed by atoms with Crippen molar-refractivity contribution in [2.75, 3.05) is 0 Å². The first-order valence-corrected chi connectivity index (χ1v) is 8.94. The summed E-state index contributed by atoms with van der Waals surface area (Å²) in [6, 6.07) is 0. The molecule has 0 radical (unpaired) electrons. The first-order chi connectivity index (χ1) is 12.2. The van der Waals surface area contributed by atoms with Crippen molar-refractivity contribution in [1.29, 1.82) is 0 Å². The van der Waals surface area contributed by atoms with Crippen LogP contribution in [0.4, 0.5) is 0 Å². The molecule has 0 aromatic heterocycles. The molecule has 2 saturated heterocycles. The molecule has 142 valence electrons. The SMILES string of the molecule is C=C1C(=O)O[C@H]2/C=C(/C)[C@@H](O)C[C@H]3O[C@]3(C)C[C@@H](OC(=O)/C(C)=C\C)[C@H]12. The second-order valence-corrected chi connectivity index (χ2v) is 7.62. The van der Waals surface area contributed by atoms with Gasteiger partial charge in [0.2, 0.25) is 0 Å². The number of carbonyl (C=O) groups is 2. The van der Waals surface area contributed by atoms with Gasteiger partial charge in [-0.05, 0) is 39.3 Å². The van der Waals surface area contributed by atoms with Crippen LogP contribution < -0.4 is 0 Å². The Kier molecular flexibility index (Phi) is 4.84. The van der Waals surface area contributed by atoms with Crippen molar-refractivity contribution >= 4 is 11.9 Å². The maximum atomic E-state index is 12.4. The number of epoxide rings is 1. The minimum atomic E-state index is -0.667. The fraction of sp³-hybridized carbons (Fsp3) is 0.600. The normalized spacial score (nSPS) is 42.1. The molecule has 2 fully saturated rings.